The Balaban J connectivity index is 1.75. The molecule has 2 aliphatic rings. The van der Waals surface area contributed by atoms with Crippen LogP contribution in [0.25, 0.3) is 0 Å². The Hall–Kier alpha value is -0.820. The number of ether oxygens (including phenoxy) is 1. The fourth-order valence-corrected chi connectivity index (χ4v) is 2.33. The second-order valence-electron chi connectivity index (χ2n) is 5.54. The van der Waals surface area contributed by atoms with Crippen molar-refractivity contribution in [3.8, 4) is 0 Å². The third-order valence-electron chi connectivity index (χ3n) is 3.68. The van der Waals surface area contributed by atoms with Gasteiger partial charge in [0.25, 0.3) is 0 Å². The van der Waals surface area contributed by atoms with E-state index in [0.717, 1.165) is 12.8 Å². The molecule has 2 unspecified atom stereocenters. The van der Waals surface area contributed by atoms with Gasteiger partial charge < -0.3 is 15.8 Å². The molecule has 7 heteroatoms. The summed E-state index contributed by atoms with van der Waals surface area (Å²) in [5.41, 5.74) is 5.03. The molecule has 110 valence electrons. The van der Waals surface area contributed by atoms with Crippen molar-refractivity contribution in [2.75, 3.05) is 6.61 Å². The highest BCUT2D eigenvalue weighted by Crippen LogP contribution is 2.33. The highest BCUT2D eigenvalue weighted by atomic mass is 19.4. The predicted molar refractivity (Wildman–Crippen MR) is 62.3 cm³/mol. The second kappa shape index (κ2) is 5.28. The van der Waals surface area contributed by atoms with E-state index in [-0.39, 0.29) is 11.9 Å². The minimum atomic E-state index is -4.30. The molecule has 4 nitrogen and oxygen atoms in total. The zero-order chi connectivity index (χ0) is 14.1. The number of rotatable bonds is 4. The number of alkyl halides is 3. The predicted octanol–water partition coefficient (Wildman–Crippen LogP) is 1.48. The van der Waals surface area contributed by atoms with Crippen molar-refractivity contribution in [1.82, 2.24) is 5.32 Å². The molecule has 2 rings (SSSR count). The van der Waals surface area contributed by atoms with Crippen molar-refractivity contribution in [2.24, 2.45) is 5.73 Å². The number of amides is 1. The maximum Gasteiger partial charge on any atom is 0.411 e. The van der Waals surface area contributed by atoms with Crippen LogP contribution in [0.5, 0.6) is 0 Å². The number of nitrogens with two attached hydrogens (primary N) is 1. The van der Waals surface area contributed by atoms with Crippen LogP contribution in [0.3, 0.4) is 0 Å². The summed E-state index contributed by atoms with van der Waals surface area (Å²) in [7, 11) is 0. The molecular weight excluding hydrogens is 261 g/mol. The highest BCUT2D eigenvalue weighted by Gasteiger charge is 2.46. The van der Waals surface area contributed by atoms with E-state index in [1.807, 2.05) is 0 Å². The molecule has 1 amide bonds. The molecule has 0 radical (unpaired) electrons. The number of carbonyl (C=O) groups excluding carboxylic acids is 1. The van der Waals surface area contributed by atoms with Crippen LogP contribution in [0.2, 0.25) is 0 Å². The molecule has 0 aromatic rings. The van der Waals surface area contributed by atoms with Gasteiger partial charge in [-0.15, -0.1) is 0 Å². The average Bonchev–Trinajstić information content (AvgIpc) is 3.06. The first-order valence-corrected chi connectivity index (χ1v) is 6.57. The van der Waals surface area contributed by atoms with Gasteiger partial charge in [-0.05, 0) is 38.5 Å². The van der Waals surface area contributed by atoms with E-state index in [1.165, 1.54) is 0 Å². The summed E-state index contributed by atoms with van der Waals surface area (Å²) in [6, 6.07) is -0.125. The summed E-state index contributed by atoms with van der Waals surface area (Å²) in [4.78, 5) is 11.8. The van der Waals surface area contributed by atoms with Crippen molar-refractivity contribution < 1.29 is 22.7 Å². The van der Waals surface area contributed by atoms with E-state index in [4.69, 9.17) is 10.5 Å². The molecule has 2 fully saturated rings. The summed E-state index contributed by atoms with van der Waals surface area (Å²) < 4.78 is 41.1. The van der Waals surface area contributed by atoms with Crippen LogP contribution < -0.4 is 11.1 Å². The maximum atomic E-state index is 12.1. The number of halogens is 3. The minimum absolute atomic E-state index is 0.125. The lowest BCUT2D eigenvalue weighted by atomic mass is 9.92. The molecule has 2 aliphatic carbocycles. The molecule has 3 N–H and O–H groups in total. The van der Waals surface area contributed by atoms with E-state index >= 15 is 0 Å². The largest absolute Gasteiger partial charge is 0.411 e. The van der Waals surface area contributed by atoms with E-state index < -0.39 is 24.4 Å². The van der Waals surface area contributed by atoms with Gasteiger partial charge in [0, 0.05) is 6.04 Å². The number of carbonyl (C=O) groups is 1. The Bertz CT molecular complexity index is 342. The number of nitrogens with one attached hydrogen (secondary N) is 1. The molecule has 0 aromatic carbocycles. The SMILES string of the molecule is NC1(C(=O)NC2CCCC(OCC(F)(F)F)C2)CC1. The van der Waals surface area contributed by atoms with Gasteiger partial charge in [-0.25, -0.2) is 0 Å². The Labute approximate surface area is 109 Å². The van der Waals surface area contributed by atoms with Crippen LogP contribution >= 0.6 is 0 Å². The van der Waals surface area contributed by atoms with Crippen LogP contribution in [0.4, 0.5) is 13.2 Å². The molecule has 2 atom stereocenters. The van der Waals surface area contributed by atoms with E-state index in [9.17, 15) is 18.0 Å². The van der Waals surface area contributed by atoms with Gasteiger partial charge in [-0.2, -0.15) is 13.2 Å². The Kier molecular flexibility index (Phi) is 4.06. The van der Waals surface area contributed by atoms with Gasteiger partial charge in [-0.3, -0.25) is 4.79 Å². The molecule has 0 spiro atoms. The lowest BCUT2D eigenvalue weighted by Gasteiger charge is -2.30. The lowest BCUT2D eigenvalue weighted by molar-refractivity contribution is -0.188. The molecule has 19 heavy (non-hydrogen) atoms. The van der Waals surface area contributed by atoms with Crippen LogP contribution in [-0.2, 0) is 9.53 Å². The van der Waals surface area contributed by atoms with Gasteiger partial charge in [-0.1, -0.05) is 0 Å². The zero-order valence-corrected chi connectivity index (χ0v) is 10.6. The van der Waals surface area contributed by atoms with Crippen LogP contribution in [0, 0.1) is 0 Å². The second-order valence-corrected chi connectivity index (χ2v) is 5.54. The summed E-state index contributed by atoms with van der Waals surface area (Å²) in [6.07, 6.45) is -0.814. The smallest absolute Gasteiger partial charge is 0.369 e. The monoisotopic (exact) mass is 280 g/mol. The summed E-state index contributed by atoms with van der Waals surface area (Å²) in [5.74, 6) is -0.186. The fourth-order valence-electron chi connectivity index (χ4n) is 2.33. The summed E-state index contributed by atoms with van der Waals surface area (Å²) in [6.45, 7) is -1.22. The minimum Gasteiger partial charge on any atom is -0.369 e. The van der Waals surface area contributed by atoms with Gasteiger partial charge in [0.05, 0.1) is 11.6 Å². The molecule has 0 bridgehead atoms. The molecular formula is C12H19F3N2O2. The van der Waals surface area contributed by atoms with Crippen molar-refractivity contribution in [3.63, 3.8) is 0 Å². The standard InChI is InChI=1S/C12H19F3N2O2/c13-12(14,15)7-19-9-3-1-2-8(6-9)17-10(18)11(16)4-5-11/h8-9H,1-7,16H2,(H,17,18). The van der Waals surface area contributed by atoms with E-state index in [1.54, 1.807) is 0 Å². The first-order valence-electron chi connectivity index (χ1n) is 6.57. The average molecular weight is 280 g/mol. The molecule has 0 aliphatic heterocycles. The summed E-state index contributed by atoms with van der Waals surface area (Å²) >= 11 is 0. The van der Waals surface area contributed by atoms with Gasteiger partial charge >= 0.3 is 6.18 Å². The highest BCUT2D eigenvalue weighted by molar-refractivity contribution is 5.89. The molecule has 0 heterocycles. The quantitative estimate of drug-likeness (QED) is 0.820. The summed E-state index contributed by atoms with van der Waals surface area (Å²) in [5, 5.41) is 2.82. The number of hydrogen-bond donors (Lipinski definition) is 2. The molecule has 0 saturated heterocycles. The topological polar surface area (TPSA) is 64.4 Å². The van der Waals surface area contributed by atoms with E-state index in [2.05, 4.69) is 5.32 Å². The Morgan fingerprint density at radius 2 is 2.05 bits per heavy atom. The van der Waals surface area contributed by atoms with Crippen LogP contribution in [0.1, 0.15) is 38.5 Å². The van der Waals surface area contributed by atoms with Crippen molar-refractivity contribution >= 4 is 5.91 Å². The Morgan fingerprint density at radius 1 is 1.37 bits per heavy atom. The van der Waals surface area contributed by atoms with Crippen molar-refractivity contribution in [3.05, 3.63) is 0 Å². The normalized spacial score (nSPS) is 29.9. The lowest BCUT2D eigenvalue weighted by Crippen LogP contribution is -2.49. The fraction of sp³-hybridized carbons (Fsp3) is 0.917. The zero-order valence-electron chi connectivity index (χ0n) is 10.6. The van der Waals surface area contributed by atoms with Crippen molar-refractivity contribution in [1.29, 1.82) is 0 Å². The van der Waals surface area contributed by atoms with Gasteiger partial charge in [0.15, 0.2) is 0 Å². The maximum absolute atomic E-state index is 12.1. The third kappa shape index (κ3) is 4.35. The van der Waals surface area contributed by atoms with Crippen LogP contribution in [-0.4, -0.2) is 36.4 Å². The van der Waals surface area contributed by atoms with Crippen molar-refractivity contribution in [2.45, 2.75) is 62.4 Å². The third-order valence-corrected chi connectivity index (χ3v) is 3.68. The first-order chi connectivity index (χ1) is 8.78. The number of hydrogen-bond acceptors (Lipinski definition) is 3. The van der Waals surface area contributed by atoms with E-state index in [0.29, 0.717) is 25.7 Å². The Morgan fingerprint density at radius 3 is 2.63 bits per heavy atom. The van der Waals surface area contributed by atoms with Crippen LogP contribution in [0.15, 0.2) is 0 Å². The molecule has 2 saturated carbocycles. The van der Waals surface area contributed by atoms with Gasteiger partial charge in [0.2, 0.25) is 5.91 Å². The van der Waals surface area contributed by atoms with Gasteiger partial charge in [0.1, 0.15) is 6.61 Å². The first kappa shape index (κ1) is 14.6. The molecule has 0 aromatic heterocycles.